The number of carbonyl (C=O) groups is 2. The minimum Gasteiger partial charge on any atom is -0.333 e. The third kappa shape index (κ3) is 6.29. The fourth-order valence-electron chi connectivity index (χ4n) is 4.49. The van der Waals surface area contributed by atoms with Crippen molar-refractivity contribution in [1.82, 2.24) is 24.4 Å². The molecule has 0 fully saturated rings. The van der Waals surface area contributed by atoms with Crippen LogP contribution in [-0.2, 0) is 24.3 Å². The van der Waals surface area contributed by atoms with Gasteiger partial charge < -0.3 is 9.80 Å². The zero-order valence-electron chi connectivity index (χ0n) is 20.4. The molecule has 0 saturated carbocycles. The second-order valence-corrected chi connectivity index (χ2v) is 9.49. The number of carbonyl (C=O) groups excluding carboxylic acids is 2. The van der Waals surface area contributed by atoms with E-state index in [1.165, 1.54) is 0 Å². The SMILES string of the molecule is CCc1nnsc1C(=O)N1CCCN(Cc2ccccn2)CCCN(C(C)=O)c2ccccc2C1. The van der Waals surface area contributed by atoms with Crippen LogP contribution in [0.3, 0.4) is 0 Å². The van der Waals surface area contributed by atoms with Gasteiger partial charge in [-0.25, -0.2) is 0 Å². The van der Waals surface area contributed by atoms with Gasteiger partial charge in [-0.05, 0) is 54.6 Å². The third-order valence-corrected chi connectivity index (χ3v) is 7.02. The van der Waals surface area contributed by atoms with Crippen molar-refractivity contribution in [3.05, 3.63) is 70.5 Å². The number of fused-ring (bicyclic) bond motifs is 1. The fourth-order valence-corrected chi connectivity index (χ4v) is 5.21. The number of hydrogen-bond acceptors (Lipinski definition) is 7. The number of hydrogen-bond donors (Lipinski definition) is 0. The van der Waals surface area contributed by atoms with E-state index in [0.717, 1.165) is 66.6 Å². The second-order valence-electron chi connectivity index (χ2n) is 8.73. The number of anilines is 1. The Morgan fingerprint density at radius 2 is 1.77 bits per heavy atom. The molecule has 0 bridgehead atoms. The molecule has 4 rings (SSSR count). The summed E-state index contributed by atoms with van der Waals surface area (Å²) >= 11 is 1.16. The molecule has 2 amide bonds. The minimum absolute atomic E-state index is 0.00332. The topological polar surface area (TPSA) is 82.5 Å². The number of nitrogens with zero attached hydrogens (tertiary/aromatic N) is 6. The van der Waals surface area contributed by atoms with Crippen LogP contribution in [0.2, 0.25) is 0 Å². The largest absolute Gasteiger partial charge is 0.333 e. The molecule has 1 aliphatic rings. The summed E-state index contributed by atoms with van der Waals surface area (Å²) in [7, 11) is 0. The molecular weight excluding hydrogens is 460 g/mol. The minimum atomic E-state index is -0.0469. The Morgan fingerprint density at radius 3 is 2.51 bits per heavy atom. The molecule has 0 spiro atoms. The monoisotopic (exact) mass is 492 g/mol. The van der Waals surface area contributed by atoms with Gasteiger partial charge in [0.05, 0.1) is 11.4 Å². The van der Waals surface area contributed by atoms with Crippen LogP contribution in [0.5, 0.6) is 0 Å². The highest BCUT2D eigenvalue weighted by Crippen LogP contribution is 2.25. The molecule has 1 aliphatic heterocycles. The summed E-state index contributed by atoms with van der Waals surface area (Å²) in [5.41, 5.74) is 3.59. The predicted molar refractivity (Wildman–Crippen MR) is 137 cm³/mol. The van der Waals surface area contributed by atoms with Crippen LogP contribution in [0.15, 0.2) is 48.7 Å². The van der Waals surface area contributed by atoms with Crippen molar-refractivity contribution >= 4 is 29.0 Å². The van der Waals surface area contributed by atoms with Gasteiger partial charge in [-0.15, -0.1) is 5.10 Å². The zero-order chi connectivity index (χ0) is 24.6. The Morgan fingerprint density at radius 1 is 1.00 bits per heavy atom. The van der Waals surface area contributed by atoms with Gasteiger partial charge in [0.15, 0.2) is 0 Å². The summed E-state index contributed by atoms with van der Waals surface area (Å²) in [6.07, 6.45) is 4.17. The number of para-hydroxylation sites is 1. The lowest BCUT2D eigenvalue weighted by Gasteiger charge is -2.31. The van der Waals surface area contributed by atoms with E-state index in [0.29, 0.717) is 30.9 Å². The lowest BCUT2D eigenvalue weighted by atomic mass is 10.1. The number of pyridine rings is 1. The molecule has 9 heteroatoms. The van der Waals surface area contributed by atoms with Gasteiger partial charge in [-0.2, -0.15) is 0 Å². The first-order valence-corrected chi connectivity index (χ1v) is 12.9. The summed E-state index contributed by atoms with van der Waals surface area (Å²) in [5.74, 6) is -0.0436. The van der Waals surface area contributed by atoms with E-state index >= 15 is 0 Å². The first-order valence-electron chi connectivity index (χ1n) is 12.2. The second kappa shape index (κ2) is 12.0. The van der Waals surface area contributed by atoms with Crippen LogP contribution in [-0.4, -0.2) is 62.4 Å². The average molecular weight is 493 g/mol. The smallest absolute Gasteiger partial charge is 0.267 e. The first kappa shape index (κ1) is 24.9. The molecule has 35 heavy (non-hydrogen) atoms. The molecule has 3 aromatic rings. The van der Waals surface area contributed by atoms with Crippen LogP contribution < -0.4 is 4.90 Å². The van der Waals surface area contributed by atoms with Crippen molar-refractivity contribution in [2.24, 2.45) is 0 Å². The Balaban J connectivity index is 1.63. The van der Waals surface area contributed by atoms with Gasteiger partial charge in [-0.1, -0.05) is 35.7 Å². The summed E-state index contributed by atoms with van der Waals surface area (Å²) in [6.45, 7) is 7.67. The summed E-state index contributed by atoms with van der Waals surface area (Å²) < 4.78 is 4.03. The lowest BCUT2D eigenvalue weighted by molar-refractivity contribution is -0.116. The number of benzene rings is 1. The van der Waals surface area contributed by atoms with E-state index < -0.39 is 0 Å². The van der Waals surface area contributed by atoms with Crippen LogP contribution in [0, 0.1) is 0 Å². The molecule has 0 aliphatic carbocycles. The Hall–Kier alpha value is -3.17. The molecule has 3 heterocycles. The molecule has 1 aromatic carbocycles. The van der Waals surface area contributed by atoms with Gasteiger partial charge >= 0.3 is 0 Å². The summed E-state index contributed by atoms with van der Waals surface area (Å²) in [4.78, 5) is 37.4. The molecule has 0 atom stereocenters. The highest BCUT2D eigenvalue weighted by Gasteiger charge is 2.25. The van der Waals surface area contributed by atoms with E-state index in [9.17, 15) is 9.59 Å². The highest BCUT2D eigenvalue weighted by molar-refractivity contribution is 7.08. The molecule has 0 unspecified atom stereocenters. The van der Waals surface area contributed by atoms with Gasteiger partial charge in [-0.3, -0.25) is 19.5 Å². The van der Waals surface area contributed by atoms with Crippen molar-refractivity contribution in [1.29, 1.82) is 0 Å². The van der Waals surface area contributed by atoms with Crippen LogP contribution in [0.25, 0.3) is 0 Å². The van der Waals surface area contributed by atoms with Gasteiger partial charge in [0.2, 0.25) is 5.91 Å². The molecule has 0 saturated heterocycles. The number of rotatable bonds is 4. The summed E-state index contributed by atoms with van der Waals surface area (Å²) in [6, 6.07) is 13.9. The predicted octanol–water partition coefficient (Wildman–Crippen LogP) is 3.79. The van der Waals surface area contributed by atoms with Crippen molar-refractivity contribution in [2.75, 3.05) is 31.1 Å². The van der Waals surface area contributed by atoms with Crippen LogP contribution >= 0.6 is 11.5 Å². The van der Waals surface area contributed by atoms with E-state index in [4.69, 9.17) is 0 Å². The maximum Gasteiger partial charge on any atom is 0.267 e. The molecule has 0 N–H and O–H groups in total. The lowest BCUT2D eigenvalue weighted by Crippen LogP contribution is -2.38. The number of amides is 2. The quantitative estimate of drug-likeness (QED) is 0.551. The number of aryl methyl sites for hydroxylation is 1. The normalized spacial score (nSPS) is 15.7. The summed E-state index contributed by atoms with van der Waals surface area (Å²) in [5, 5.41) is 4.14. The number of aromatic nitrogens is 3. The fraction of sp³-hybridized carbons (Fsp3) is 0.423. The maximum atomic E-state index is 13.6. The Bertz CT molecular complexity index is 1140. The molecule has 2 aromatic heterocycles. The molecule has 8 nitrogen and oxygen atoms in total. The van der Waals surface area contributed by atoms with Crippen molar-refractivity contribution < 1.29 is 9.59 Å². The van der Waals surface area contributed by atoms with Crippen molar-refractivity contribution in [3.8, 4) is 0 Å². The van der Waals surface area contributed by atoms with Gasteiger partial charge in [0, 0.05) is 58.1 Å². The molecule has 184 valence electrons. The van der Waals surface area contributed by atoms with Crippen LogP contribution in [0.1, 0.15) is 53.3 Å². The van der Waals surface area contributed by atoms with Crippen LogP contribution in [0.4, 0.5) is 5.69 Å². The third-order valence-electron chi connectivity index (χ3n) is 6.27. The van der Waals surface area contributed by atoms with Gasteiger partial charge in [0.1, 0.15) is 4.88 Å². The maximum absolute atomic E-state index is 13.6. The molecule has 0 radical (unpaired) electrons. The van der Waals surface area contributed by atoms with Crippen molar-refractivity contribution in [2.45, 2.75) is 46.2 Å². The van der Waals surface area contributed by atoms with E-state index in [-0.39, 0.29) is 11.8 Å². The van der Waals surface area contributed by atoms with Gasteiger partial charge in [0.25, 0.3) is 5.91 Å². The van der Waals surface area contributed by atoms with E-state index in [2.05, 4.69) is 19.5 Å². The standard InChI is InChI=1S/C26H32N6O2S/c1-3-23-25(35-29-28-23)26(34)31-16-8-14-30(19-22-11-6-7-13-27-22)15-9-17-32(20(2)33)24-12-5-4-10-21(24)18-31/h4-7,10-13H,3,8-9,14-19H2,1-2H3. The van der Waals surface area contributed by atoms with Crippen molar-refractivity contribution in [3.63, 3.8) is 0 Å². The Kier molecular flexibility index (Phi) is 8.54. The van der Waals surface area contributed by atoms with E-state index in [1.54, 1.807) is 6.92 Å². The first-order chi connectivity index (χ1) is 17.1. The zero-order valence-corrected chi connectivity index (χ0v) is 21.2. The average Bonchev–Trinajstić information content (AvgIpc) is 3.34. The Labute approximate surface area is 210 Å². The highest BCUT2D eigenvalue weighted by atomic mass is 32.1. The van der Waals surface area contributed by atoms with E-state index in [1.807, 2.05) is 65.4 Å². The molecular formula is C26H32N6O2S.